The fraction of sp³-hybridized carbons (Fsp3) is 0.172. The van der Waals surface area contributed by atoms with Crippen LogP contribution in [0.5, 0.6) is 0 Å². The van der Waals surface area contributed by atoms with E-state index in [0.29, 0.717) is 16.9 Å². The molecular weight excluding hydrogens is 621 g/mol. The topological polar surface area (TPSA) is 148 Å². The van der Waals surface area contributed by atoms with Gasteiger partial charge in [-0.15, -0.1) is 11.3 Å². The molecule has 3 aromatic heterocycles. The fourth-order valence-electron chi connectivity index (χ4n) is 4.80. The molecule has 0 amide bonds. The lowest BCUT2D eigenvalue weighted by Gasteiger charge is -2.20. The van der Waals surface area contributed by atoms with Crippen LogP contribution < -0.4 is 5.43 Å². The van der Waals surface area contributed by atoms with Crippen LogP contribution in [-0.2, 0) is 10.0 Å². The molecule has 3 aromatic carbocycles. The predicted octanol–water partition coefficient (Wildman–Crippen LogP) is 6.34. The first-order valence-corrected chi connectivity index (χ1v) is 16.7. The Morgan fingerprint density at radius 3 is 2.59 bits per heavy atom. The van der Waals surface area contributed by atoms with Crippen molar-refractivity contribution in [2.24, 2.45) is 5.10 Å². The standard InChI is InChI=1S/C29H26N8O4S3/c1-4-35(5-2)44(40,41)26-16-19(37(38)39)14-15-23(26)33-30-17-21-18(3)34-36-24-12-8-6-10-20(24)28(32-27(21)36)43-29-31-22-11-7-9-13-25(22)42-29/h6-17,33H,4-5H2,1-3H3/b30-17+. The largest absolute Gasteiger partial charge is 0.277 e. The van der Waals surface area contributed by atoms with Crippen LogP contribution in [0.25, 0.3) is 26.8 Å². The van der Waals surface area contributed by atoms with Crippen LogP contribution in [0.15, 0.2) is 86.1 Å². The second kappa shape index (κ2) is 11.9. The molecule has 0 aliphatic carbocycles. The summed E-state index contributed by atoms with van der Waals surface area (Å²) in [4.78, 5) is 20.3. The molecule has 1 N–H and O–H groups in total. The second-order valence-electron chi connectivity index (χ2n) is 9.62. The highest BCUT2D eigenvalue weighted by atomic mass is 32.2. The number of benzene rings is 3. The lowest BCUT2D eigenvalue weighted by molar-refractivity contribution is -0.385. The van der Waals surface area contributed by atoms with Crippen LogP contribution in [0.1, 0.15) is 25.1 Å². The van der Waals surface area contributed by atoms with Gasteiger partial charge in [-0.05, 0) is 43.0 Å². The van der Waals surface area contributed by atoms with E-state index in [4.69, 9.17) is 15.1 Å². The van der Waals surface area contributed by atoms with E-state index < -0.39 is 14.9 Å². The third-order valence-corrected chi connectivity index (χ3v) is 11.2. The molecule has 0 saturated carbocycles. The summed E-state index contributed by atoms with van der Waals surface area (Å²) in [5.41, 5.74) is 6.21. The number of hydrogen-bond acceptors (Lipinski definition) is 11. The highest BCUT2D eigenvalue weighted by Gasteiger charge is 2.27. The van der Waals surface area contributed by atoms with Crippen LogP contribution in [0, 0.1) is 17.0 Å². The third kappa shape index (κ3) is 5.38. The highest BCUT2D eigenvalue weighted by molar-refractivity contribution is 8.01. The number of rotatable bonds is 10. The SMILES string of the molecule is CCN(CC)S(=O)(=O)c1cc([N+](=O)[O-])ccc1N/N=C/c1c(C)nn2c1nc(Sc1nc3ccccc3s1)c1ccccc12. The molecule has 224 valence electrons. The number of para-hydroxylation sites is 2. The van der Waals surface area contributed by atoms with Crippen molar-refractivity contribution in [3.05, 3.63) is 88.1 Å². The Bertz CT molecular complexity index is 2160. The maximum absolute atomic E-state index is 13.4. The van der Waals surface area contributed by atoms with Gasteiger partial charge >= 0.3 is 0 Å². The Balaban J connectivity index is 1.40. The van der Waals surface area contributed by atoms with E-state index in [2.05, 4.69) is 10.5 Å². The van der Waals surface area contributed by atoms with Crippen molar-refractivity contribution < 1.29 is 13.3 Å². The predicted molar refractivity (Wildman–Crippen MR) is 173 cm³/mol. The molecule has 0 bridgehead atoms. The molecule has 0 spiro atoms. The summed E-state index contributed by atoms with van der Waals surface area (Å²) in [6.07, 6.45) is 1.53. The summed E-state index contributed by atoms with van der Waals surface area (Å²) in [7, 11) is -4.03. The summed E-state index contributed by atoms with van der Waals surface area (Å²) in [5.74, 6) is 0. The highest BCUT2D eigenvalue weighted by Crippen LogP contribution is 2.37. The van der Waals surface area contributed by atoms with Gasteiger partial charge < -0.3 is 0 Å². The zero-order valence-corrected chi connectivity index (χ0v) is 26.3. The van der Waals surface area contributed by atoms with Crippen molar-refractivity contribution in [2.75, 3.05) is 18.5 Å². The first-order valence-electron chi connectivity index (χ1n) is 13.6. The van der Waals surface area contributed by atoms with E-state index in [1.165, 1.54) is 34.4 Å². The van der Waals surface area contributed by atoms with Gasteiger partial charge in [0.2, 0.25) is 10.0 Å². The monoisotopic (exact) mass is 646 g/mol. The third-order valence-electron chi connectivity index (χ3n) is 6.99. The molecule has 0 saturated heterocycles. The van der Waals surface area contributed by atoms with Gasteiger partial charge in [0.05, 0.1) is 43.8 Å². The maximum atomic E-state index is 13.4. The normalized spacial score (nSPS) is 12.3. The molecule has 0 aliphatic rings. The van der Waals surface area contributed by atoms with Crippen molar-refractivity contribution in [1.29, 1.82) is 0 Å². The molecule has 6 aromatic rings. The number of aryl methyl sites for hydroxylation is 1. The minimum atomic E-state index is -4.03. The average molecular weight is 647 g/mol. The van der Waals surface area contributed by atoms with Gasteiger partial charge in [-0.3, -0.25) is 15.5 Å². The van der Waals surface area contributed by atoms with Crippen LogP contribution in [0.3, 0.4) is 0 Å². The molecule has 12 nitrogen and oxygen atoms in total. The van der Waals surface area contributed by atoms with E-state index in [-0.39, 0.29) is 29.4 Å². The number of nitrogens with one attached hydrogen (secondary N) is 1. The Hall–Kier alpha value is -4.44. The number of hydrogen-bond donors (Lipinski definition) is 1. The number of sulfonamides is 1. The van der Waals surface area contributed by atoms with E-state index in [1.54, 1.807) is 29.7 Å². The molecule has 44 heavy (non-hydrogen) atoms. The van der Waals surface area contributed by atoms with Crippen molar-refractivity contribution in [2.45, 2.75) is 35.0 Å². The van der Waals surface area contributed by atoms with Crippen LogP contribution in [-0.4, -0.2) is 56.5 Å². The van der Waals surface area contributed by atoms with Gasteiger partial charge in [-0.2, -0.15) is 14.5 Å². The Morgan fingerprint density at radius 1 is 1.09 bits per heavy atom. The van der Waals surface area contributed by atoms with Crippen molar-refractivity contribution >= 4 is 77.5 Å². The zero-order valence-electron chi connectivity index (χ0n) is 23.8. The molecule has 0 unspecified atom stereocenters. The lowest BCUT2D eigenvalue weighted by Crippen LogP contribution is -2.31. The van der Waals surface area contributed by atoms with E-state index in [1.807, 2.05) is 55.5 Å². The van der Waals surface area contributed by atoms with E-state index >= 15 is 0 Å². The Labute approximate surface area is 260 Å². The van der Waals surface area contributed by atoms with Gasteiger partial charge in [0.25, 0.3) is 5.69 Å². The quantitative estimate of drug-likeness (QED) is 0.0779. The van der Waals surface area contributed by atoms with Crippen molar-refractivity contribution in [1.82, 2.24) is 23.9 Å². The van der Waals surface area contributed by atoms with Crippen LogP contribution >= 0.6 is 23.1 Å². The number of aromatic nitrogens is 4. The molecular formula is C29H26N8O4S3. The van der Waals surface area contributed by atoms with Crippen LogP contribution in [0.4, 0.5) is 11.4 Å². The number of fused-ring (bicyclic) bond motifs is 4. The van der Waals surface area contributed by atoms with Crippen LogP contribution in [0.2, 0.25) is 0 Å². The molecule has 0 radical (unpaired) electrons. The number of hydrazone groups is 1. The van der Waals surface area contributed by atoms with Gasteiger partial charge in [0.15, 0.2) is 9.99 Å². The molecule has 15 heteroatoms. The zero-order chi connectivity index (χ0) is 31.0. The summed E-state index contributed by atoms with van der Waals surface area (Å²) < 4.78 is 31.7. The fourth-order valence-corrected chi connectivity index (χ4v) is 8.52. The minimum absolute atomic E-state index is 0.110. The maximum Gasteiger partial charge on any atom is 0.270 e. The van der Waals surface area contributed by atoms with Gasteiger partial charge in [-0.25, -0.2) is 22.9 Å². The minimum Gasteiger partial charge on any atom is -0.277 e. The summed E-state index contributed by atoms with van der Waals surface area (Å²) >= 11 is 3.08. The van der Waals surface area contributed by atoms with E-state index in [0.717, 1.165) is 36.6 Å². The summed E-state index contributed by atoms with van der Waals surface area (Å²) in [6.45, 7) is 5.67. The number of nitro benzene ring substituents is 1. The van der Waals surface area contributed by atoms with Gasteiger partial charge in [0, 0.05) is 30.6 Å². The molecule has 6 rings (SSSR count). The number of non-ortho nitro benzene ring substituents is 1. The van der Waals surface area contributed by atoms with Crippen molar-refractivity contribution in [3.8, 4) is 0 Å². The lowest BCUT2D eigenvalue weighted by atomic mass is 10.2. The van der Waals surface area contributed by atoms with Crippen molar-refractivity contribution in [3.63, 3.8) is 0 Å². The summed E-state index contributed by atoms with van der Waals surface area (Å²) in [6, 6.07) is 19.5. The molecule has 0 aliphatic heterocycles. The molecule has 0 atom stereocenters. The first-order chi connectivity index (χ1) is 21.2. The first kappa shape index (κ1) is 29.6. The van der Waals surface area contributed by atoms with Gasteiger partial charge in [0.1, 0.15) is 9.92 Å². The smallest absolute Gasteiger partial charge is 0.270 e. The van der Waals surface area contributed by atoms with Gasteiger partial charge in [-0.1, -0.05) is 44.2 Å². The molecule has 0 fully saturated rings. The number of nitrogens with zero attached hydrogens (tertiary/aromatic N) is 7. The van der Waals surface area contributed by atoms with E-state index in [9.17, 15) is 18.5 Å². The Morgan fingerprint density at radius 2 is 1.84 bits per heavy atom. The number of nitro groups is 1. The molecule has 3 heterocycles. The number of thiazole rings is 1. The Kier molecular flexibility index (Phi) is 8.02. The second-order valence-corrected chi connectivity index (χ2v) is 13.8. The summed E-state index contributed by atoms with van der Waals surface area (Å²) in [5, 5.41) is 22.2. The average Bonchev–Trinajstić information content (AvgIpc) is 3.57. The number of anilines is 1.